The van der Waals surface area contributed by atoms with E-state index in [0.29, 0.717) is 25.6 Å². The molecule has 9 nitrogen and oxygen atoms in total. The minimum Gasteiger partial charge on any atom is -0.363 e. The van der Waals surface area contributed by atoms with Gasteiger partial charge in [-0.1, -0.05) is 51.1 Å². The van der Waals surface area contributed by atoms with Gasteiger partial charge in [-0.2, -0.15) is 0 Å². The molecule has 2 unspecified atom stereocenters. The highest BCUT2D eigenvalue weighted by molar-refractivity contribution is 5.76. The molecule has 0 saturated carbocycles. The van der Waals surface area contributed by atoms with Crippen LogP contribution in [0.4, 0.5) is 0 Å². The second-order valence-electron chi connectivity index (χ2n) is 8.48. The van der Waals surface area contributed by atoms with Crippen molar-refractivity contribution in [3.8, 4) is 0 Å². The second-order valence-corrected chi connectivity index (χ2v) is 8.48. The summed E-state index contributed by atoms with van der Waals surface area (Å²) < 4.78 is 6.18. The van der Waals surface area contributed by atoms with Crippen molar-refractivity contribution < 1.29 is 19.5 Å². The molecule has 0 aromatic heterocycles. The first-order valence-corrected chi connectivity index (χ1v) is 11.0. The Labute approximate surface area is 184 Å². The van der Waals surface area contributed by atoms with E-state index < -0.39 is 5.09 Å². The normalized spacial score (nSPS) is 16.8. The molecule has 1 saturated heterocycles. The molecule has 1 heterocycles. The maximum Gasteiger partial charge on any atom is 0.294 e. The molecule has 1 aliphatic heterocycles. The predicted molar refractivity (Wildman–Crippen MR) is 118 cm³/mol. The number of rotatable bonds is 13. The molecule has 31 heavy (non-hydrogen) atoms. The van der Waals surface area contributed by atoms with Crippen molar-refractivity contribution in [3.63, 3.8) is 0 Å². The average Bonchev–Trinajstić information content (AvgIpc) is 2.74. The number of nitrogens with one attached hydrogen (secondary N) is 1. The Morgan fingerprint density at radius 2 is 1.84 bits per heavy atom. The van der Waals surface area contributed by atoms with E-state index in [0.717, 1.165) is 26.2 Å². The summed E-state index contributed by atoms with van der Waals surface area (Å²) in [6, 6.07) is 10.3. The van der Waals surface area contributed by atoms with Crippen LogP contribution in [0.15, 0.2) is 30.3 Å². The summed E-state index contributed by atoms with van der Waals surface area (Å²) >= 11 is 0. The van der Waals surface area contributed by atoms with E-state index in [1.807, 2.05) is 18.2 Å². The molecule has 1 aromatic rings. The van der Waals surface area contributed by atoms with Gasteiger partial charge in [-0.3, -0.25) is 15.0 Å². The lowest BCUT2D eigenvalue weighted by molar-refractivity contribution is -0.757. The fourth-order valence-corrected chi connectivity index (χ4v) is 3.58. The molecule has 0 radical (unpaired) electrons. The van der Waals surface area contributed by atoms with Crippen LogP contribution in [0.2, 0.25) is 0 Å². The number of nitrogens with zero attached hydrogens (tertiary/aromatic N) is 3. The maximum atomic E-state index is 12.2. The van der Waals surface area contributed by atoms with E-state index in [9.17, 15) is 14.9 Å². The Balaban J connectivity index is 1.79. The lowest BCUT2D eigenvalue weighted by atomic mass is 10.1. The summed E-state index contributed by atoms with van der Waals surface area (Å²) in [6.07, 6.45) is -0.0205. The molecule has 0 spiro atoms. The SMILES string of the molecule is CC(C)COC(NCc1ccccc1)C(C)CN1CCN(C(=O)CCO[N+](=O)[O-])CC1. The molecular weight excluding hydrogens is 400 g/mol. The molecule has 174 valence electrons. The molecule has 1 aliphatic rings. The summed E-state index contributed by atoms with van der Waals surface area (Å²) in [5.74, 6) is 0.637. The minimum absolute atomic E-state index is 0.0336. The summed E-state index contributed by atoms with van der Waals surface area (Å²) in [5, 5.41) is 12.9. The van der Waals surface area contributed by atoms with Crippen LogP contribution in [0, 0.1) is 22.0 Å². The minimum atomic E-state index is -0.865. The topological polar surface area (TPSA) is 97.2 Å². The van der Waals surface area contributed by atoms with E-state index in [-0.39, 0.29) is 31.1 Å². The number of carbonyl (C=O) groups excluding carboxylic acids is 1. The lowest BCUT2D eigenvalue weighted by Crippen LogP contribution is -2.51. The summed E-state index contributed by atoms with van der Waals surface area (Å²) in [4.78, 5) is 30.7. The maximum absolute atomic E-state index is 12.2. The van der Waals surface area contributed by atoms with E-state index in [2.05, 4.69) is 48.0 Å². The van der Waals surface area contributed by atoms with E-state index in [4.69, 9.17) is 4.74 Å². The van der Waals surface area contributed by atoms with Crippen LogP contribution in [-0.4, -0.2) is 73.0 Å². The van der Waals surface area contributed by atoms with Gasteiger partial charge in [0.05, 0.1) is 13.0 Å². The first kappa shape index (κ1) is 25.0. The van der Waals surface area contributed by atoms with Crippen LogP contribution in [0.1, 0.15) is 32.8 Å². The third kappa shape index (κ3) is 9.63. The highest BCUT2D eigenvalue weighted by Gasteiger charge is 2.25. The monoisotopic (exact) mass is 436 g/mol. The zero-order valence-corrected chi connectivity index (χ0v) is 18.9. The van der Waals surface area contributed by atoms with Crippen LogP contribution in [0.3, 0.4) is 0 Å². The highest BCUT2D eigenvalue weighted by atomic mass is 16.9. The van der Waals surface area contributed by atoms with Gasteiger partial charge in [0.25, 0.3) is 5.09 Å². The number of hydrogen-bond donors (Lipinski definition) is 1. The summed E-state index contributed by atoms with van der Waals surface area (Å²) in [7, 11) is 0. The number of amides is 1. The summed E-state index contributed by atoms with van der Waals surface area (Å²) in [5.41, 5.74) is 1.22. The van der Waals surface area contributed by atoms with Crippen molar-refractivity contribution in [2.75, 3.05) is 45.9 Å². The van der Waals surface area contributed by atoms with Gasteiger partial charge in [0.1, 0.15) is 12.8 Å². The quantitative estimate of drug-likeness (QED) is 0.287. The molecule has 9 heteroatoms. The third-order valence-electron chi connectivity index (χ3n) is 5.26. The molecule has 0 bridgehead atoms. The number of carbonyl (C=O) groups is 1. The smallest absolute Gasteiger partial charge is 0.294 e. The highest BCUT2D eigenvalue weighted by Crippen LogP contribution is 2.13. The van der Waals surface area contributed by atoms with Gasteiger partial charge in [-0.15, -0.1) is 10.1 Å². The molecule has 1 aromatic carbocycles. The average molecular weight is 437 g/mol. The lowest BCUT2D eigenvalue weighted by Gasteiger charge is -2.37. The Morgan fingerprint density at radius 3 is 2.45 bits per heavy atom. The van der Waals surface area contributed by atoms with Crippen LogP contribution in [-0.2, 0) is 20.9 Å². The standard InChI is InChI=1S/C22H36N4O5/c1-18(2)17-30-22(23-15-20-7-5-4-6-8-20)19(3)16-24-10-12-25(13-11-24)21(27)9-14-31-26(28)29/h4-8,18-19,22-23H,9-17H2,1-3H3. The van der Waals surface area contributed by atoms with Crippen LogP contribution in [0.5, 0.6) is 0 Å². The number of hydrogen-bond acceptors (Lipinski definition) is 7. The van der Waals surface area contributed by atoms with Gasteiger partial charge >= 0.3 is 0 Å². The molecular formula is C22H36N4O5. The van der Waals surface area contributed by atoms with Crippen LogP contribution < -0.4 is 5.32 Å². The molecule has 0 aliphatic carbocycles. The van der Waals surface area contributed by atoms with Crippen molar-refractivity contribution >= 4 is 5.91 Å². The predicted octanol–water partition coefficient (Wildman–Crippen LogP) is 2.15. The first-order chi connectivity index (χ1) is 14.8. The van der Waals surface area contributed by atoms with Crippen molar-refractivity contribution in [2.45, 2.75) is 40.0 Å². The van der Waals surface area contributed by atoms with Gasteiger partial charge in [-0.25, -0.2) is 0 Å². The zero-order valence-electron chi connectivity index (χ0n) is 18.9. The Morgan fingerprint density at radius 1 is 1.16 bits per heavy atom. The summed E-state index contributed by atoms with van der Waals surface area (Å²) in [6.45, 7) is 11.4. The van der Waals surface area contributed by atoms with Crippen molar-refractivity contribution in [3.05, 3.63) is 46.0 Å². The largest absolute Gasteiger partial charge is 0.363 e. The van der Waals surface area contributed by atoms with Crippen molar-refractivity contribution in [1.29, 1.82) is 0 Å². The molecule has 2 rings (SSSR count). The van der Waals surface area contributed by atoms with Gasteiger partial charge in [0.2, 0.25) is 5.91 Å². The molecule has 1 fully saturated rings. The first-order valence-electron chi connectivity index (χ1n) is 11.0. The van der Waals surface area contributed by atoms with Gasteiger partial charge in [0, 0.05) is 45.2 Å². The Kier molecular flexibility index (Phi) is 10.7. The fraction of sp³-hybridized carbons (Fsp3) is 0.682. The van der Waals surface area contributed by atoms with E-state index in [1.54, 1.807) is 4.90 Å². The van der Waals surface area contributed by atoms with Crippen molar-refractivity contribution in [2.24, 2.45) is 11.8 Å². The second kappa shape index (κ2) is 13.2. The molecule has 1 N–H and O–H groups in total. The molecule has 2 atom stereocenters. The zero-order chi connectivity index (χ0) is 22.6. The third-order valence-corrected chi connectivity index (χ3v) is 5.26. The van der Waals surface area contributed by atoms with Crippen LogP contribution in [0.25, 0.3) is 0 Å². The number of piperazine rings is 1. The number of ether oxygens (including phenoxy) is 1. The fourth-order valence-electron chi connectivity index (χ4n) is 3.58. The van der Waals surface area contributed by atoms with Gasteiger partial charge in [-0.05, 0) is 11.5 Å². The number of benzene rings is 1. The van der Waals surface area contributed by atoms with E-state index >= 15 is 0 Å². The Bertz CT molecular complexity index is 665. The van der Waals surface area contributed by atoms with E-state index in [1.165, 1.54) is 5.56 Å². The Hall–Kier alpha value is -2.23. The molecule has 1 amide bonds. The van der Waals surface area contributed by atoms with Gasteiger partial charge in [0.15, 0.2) is 0 Å². The van der Waals surface area contributed by atoms with Crippen LogP contribution >= 0.6 is 0 Å². The van der Waals surface area contributed by atoms with Crippen molar-refractivity contribution in [1.82, 2.24) is 15.1 Å². The van der Waals surface area contributed by atoms with Gasteiger partial charge < -0.3 is 14.5 Å².